The molecule has 0 aliphatic heterocycles. The van der Waals surface area contributed by atoms with Crippen LogP contribution in [0.15, 0.2) is 34.9 Å². The lowest BCUT2D eigenvalue weighted by Crippen LogP contribution is -2.23. The fraction of sp³-hybridized carbons (Fsp3) is 0.176. The molecule has 3 aromatic rings. The third kappa shape index (κ3) is 4.56. The summed E-state index contributed by atoms with van der Waals surface area (Å²) in [5.41, 5.74) is -0.779. The van der Waals surface area contributed by atoms with E-state index in [9.17, 15) is 26.3 Å². The van der Waals surface area contributed by atoms with Gasteiger partial charge in [-0.05, 0) is 12.1 Å². The van der Waals surface area contributed by atoms with E-state index in [1.54, 1.807) is 0 Å². The van der Waals surface area contributed by atoms with E-state index >= 15 is 0 Å². The van der Waals surface area contributed by atoms with Gasteiger partial charge in [-0.15, -0.1) is 0 Å². The molecule has 148 valence electrons. The van der Waals surface area contributed by atoms with Crippen molar-refractivity contribution >= 4 is 17.4 Å². The van der Waals surface area contributed by atoms with Crippen LogP contribution in [0.5, 0.6) is 0 Å². The van der Waals surface area contributed by atoms with E-state index in [0.29, 0.717) is 12.1 Å². The Labute approximate surface area is 159 Å². The minimum absolute atomic E-state index is 0.122. The summed E-state index contributed by atoms with van der Waals surface area (Å²) in [6.45, 7) is -1.47. The van der Waals surface area contributed by atoms with Crippen LogP contribution >= 0.6 is 11.6 Å². The molecule has 1 N–H and O–H groups in total. The SMILES string of the molecule is Fc1cc(F)c(Cc2c(Cl)nc(-c3ccco3)nc2NCC(F)(F)F)c(F)c1. The molecule has 0 radical (unpaired) electrons. The molecule has 1 aromatic carbocycles. The number of alkyl halides is 3. The second-order valence-electron chi connectivity index (χ2n) is 5.64. The van der Waals surface area contributed by atoms with E-state index in [0.717, 1.165) is 0 Å². The number of hydrogen-bond acceptors (Lipinski definition) is 4. The Morgan fingerprint density at radius 3 is 2.29 bits per heavy atom. The van der Waals surface area contributed by atoms with Gasteiger partial charge in [0.25, 0.3) is 0 Å². The highest BCUT2D eigenvalue weighted by molar-refractivity contribution is 6.30. The molecule has 2 aromatic heterocycles. The molecule has 0 bridgehead atoms. The number of halogens is 7. The van der Waals surface area contributed by atoms with Crippen LogP contribution < -0.4 is 5.32 Å². The van der Waals surface area contributed by atoms with E-state index in [4.69, 9.17) is 16.0 Å². The fourth-order valence-corrected chi connectivity index (χ4v) is 2.61. The maximum absolute atomic E-state index is 14.0. The molecule has 11 heteroatoms. The number of benzene rings is 1. The van der Waals surface area contributed by atoms with E-state index in [1.807, 2.05) is 5.32 Å². The molecule has 0 amide bonds. The van der Waals surface area contributed by atoms with Gasteiger partial charge >= 0.3 is 6.18 Å². The summed E-state index contributed by atoms with van der Waals surface area (Å²) < 4.78 is 84.0. The molecule has 0 unspecified atom stereocenters. The second-order valence-corrected chi connectivity index (χ2v) is 5.99. The minimum Gasteiger partial charge on any atom is -0.461 e. The first kappa shape index (κ1) is 20.0. The third-order valence-electron chi connectivity index (χ3n) is 3.61. The lowest BCUT2D eigenvalue weighted by atomic mass is 10.0. The second kappa shape index (κ2) is 7.70. The molecule has 2 heterocycles. The highest BCUT2D eigenvalue weighted by Crippen LogP contribution is 2.30. The van der Waals surface area contributed by atoms with Crippen LogP contribution in [0.25, 0.3) is 11.6 Å². The molecule has 0 saturated carbocycles. The monoisotopic (exact) mass is 421 g/mol. The molecule has 0 aliphatic rings. The molecule has 0 aliphatic carbocycles. The maximum atomic E-state index is 14.0. The summed E-state index contributed by atoms with van der Waals surface area (Å²) in [6.07, 6.45) is -3.89. The molecular formula is C17H10ClF6N3O. The van der Waals surface area contributed by atoms with Gasteiger partial charge in [-0.1, -0.05) is 11.6 Å². The zero-order valence-corrected chi connectivity index (χ0v) is 14.5. The smallest absolute Gasteiger partial charge is 0.405 e. The first-order chi connectivity index (χ1) is 13.1. The highest BCUT2D eigenvalue weighted by Gasteiger charge is 2.28. The van der Waals surface area contributed by atoms with Crippen LogP contribution in [0.2, 0.25) is 5.15 Å². The van der Waals surface area contributed by atoms with Gasteiger partial charge in [-0.25, -0.2) is 23.1 Å². The van der Waals surface area contributed by atoms with Crippen LogP contribution in [0.1, 0.15) is 11.1 Å². The normalized spacial score (nSPS) is 11.7. The first-order valence-electron chi connectivity index (χ1n) is 7.68. The number of furan rings is 1. The zero-order chi connectivity index (χ0) is 20.5. The van der Waals surface area contributed by atoms with Crippen LogP contribution in [0.4, 0.5) is 32.2 Å². The van der Waals surface area contributed by atoms with Crippen molar-refractivity contribution in [1.29, 1.82) is 0 Å². The van der Waals surface area contributed by atoms with Crippen LogP contribution in [0, 0.1) is 17.5 Å². The zero-order valence-electron chi connectivity index (χ0n) is 13.7. The van der Waals surface area contributed by atoms with Gasteiger partial charge < -0.3 is 9.73 Å². The summed E-state index contributed by atoms with van der Waals surface area (Å²) in [5.74, 6) is -3.95. The van der Waals surface area contributed by atoms with E-state index in [-0.39, 0.29) is 28.1 Å². The van der Waals surface area contributed by atoms with Crippen LogP contribution in [-0.2, 0) is 6.42 Å². The Hall–Kier alpha value is -2.75. The number of hydrogen-bond donors (Lipinski definition) is 1. The van der Waals surface area contributed by atoms with Crippen molar-refractivity contribution in [3.05, 3.63) is 64.3 Å². The fourth-order valence-electron chi connectivity index (χ4n) is 2.38. The highest BCUT2D eigenvalue weighted by atomic mass is 35.5. The average molecular weight is 422 g/mol. The topological polar surface area (TPSA) is 51.0 Å². The average Bonchev–Trinajstić information content (AvgIpc) is 3.11. The number of anilines is 1. The molecule has 0 spiro atoms. The Bertz CT molecular complexity index is 968. The number of rotatable bonds is 5. The predicted molar refractivity (Wildman–Crippen MR) is 88.4 cm³/mol. The predicted octanol–water partition coefficient (Wildman–Crippen LogP) is 5.37. The number of nitrogens with zero attached hydrogens (tertiary/aromatic N) is 2. The minimum atomic E-state index is -4.59. The first-order valence-corrected chi connectivity index (χ1v) is 8.06. The van der Waals surface area contributed by atoms with E-state index in [1.165, 1.54) is 18.4 Å². The summed E-state index contributed by atoms with van der Waals surface area (Å²) in [6, 6.07) is 3.87. The lowest BCUT2D eigenvalue weighted by molar-refractivity contribution is -0.115. The van der Waals surface area contributed by atoms with Crippen LogP contribution in [0.3, 0.4) is 0 Å². The van der Waals surface area contributed by atoms with Crippen molar-refractivity contribution in [2.45, 2.75) is 12.6 Å². The standard InChI is InChI=1S/C17H10ClF6N3O/c18-14-10(6-9-11(20)4-8(19)5-12(9)21)15(25-7-17(22,23)24)27-16(26-14)13-2-1-3-28-13/h1-5H,6-7H2,(H,25,26,27). The Morgan fingerprint density at radius 1 is 1.04 bits per heavy atom. The molecular weight excluding hydrogens is 412 g/mol. The third-order valence-corrected chi connectivity index (χ3v) is 3.93. The summed E-state index contributed by atoms with van der Waals surface area (Å²) >= 11 is 6.05. The van der Waals surface area contributed by atoms with Crippen molar-refractivity contribution in [3.8, 4) is 11.6 Å². The molecule has 3 rings (SSSR count). The summed E-state index contributed by atoms with van der Waals surface area (Å²) in [5, 5.41) is 1.71. The summed E-state index contributed by atoms with van der Waals surface area (Å²) in [7, 11) is 0. The van der Waals surface area contributed by atoms with Gasteiger partial charge in [0, 0.05) is 29.7 Å². The van der Waals surface area contributed by atoms with Gasteiger partial charge in [0.05, 0.1) is 6.26 Å². The van der Waals surface area contributed by atoms with Crippen LogP contribution in [-0.4, -0.2) is 22.7 Å². The molecule has 28 heavy (non-hydrogen) atoms. The van der Waals surface area contributed by atoms with Crippen molar-refractivity contribution in [2.75, 3.05) is 11.9 Å². The van der Waals surface area contributed by atoms with E-state index < -0.39 is 42.2 Å². The van der Waals surface area contributed by atoms with Gasteiger partial charge in [0.15, 0.2) is 11.6 Å². The quantitative estimate of drug-likeness (QED) is 0.444. The van der Waals surface area contributed by atoms with E-state index in [2.05, 4.69) is 9.97 Å². The largest absolute Gasteiger partial charge is 0.461 e. The van der Waals surface area contributed by atoms with Crippen molar-refractivity contribution in [3.63, 3.8) is 0 Å². The Balaban J connectivity index is 2.06. The molecule has 4 nitrogen and oxygen atoms in total. The van der Waals surface area contributed by atoms with Crippen molar-refractivity contribution in [2.24, 2.45) is 0 Å². The van der Waals surface area contributed by atoms with Gasteiger partial charge in [0.1, 0.15) is 35.0 Å². The van der Waals surface area contributed by atoms with Crippen molar-refractivity contribution in [1.82, 2.24) is 9.97 Å². The molecule has 0 fully saturated rings. The summed E-state index contributed by atoms with van der Waals surface area (Å²) in [4.78, 5) is 7.85. The maximum Gasteiger partial charge on any atom is 0.405 e. The number of nitrogens with one attached hydrogen (secondary N) is 1. The van der Waals surface area contributed by atoms with Crippen molar-refractivity contribution < 1.29 is 30.8 Å². The Kier molecular flexibility index (Phi) is 5.50. The number of aromatic nitrogens is 2. The lowest BCUT2D eigenvalue weighted by Gasteiger charge is -2.15. The Morgan fingerprint density at radius 2 is 1.71 bits per heavy atom. The van der Waals surface area contributed by atoms with Gasteiger partial charge in [-0.2, -0.15) is 13.2 Å². The molecule has 0 saturated heterocycles. The van der Waals surface area contributed by atoms with Gasteiger partial charge in [0.2, 0.25) is 0 Å². The van der Waals surface area contributed by atoms with Gasteiger partial charge in [-0.3, -0.25) is 0 Å². The molecule has 0 atom stereocenters.